The highest BCUT2D eigenvalue weighted by atomic mass is 32.1. The molecule has 1 saturated carbocycles. The number of phenolic OH excluding ortho intramolecular Hbond substituents is 1. The summed E-state index contributed by atoms with van der Waals surface area (Å²) in [7, 11) is 0. The van der Waals surface area contributed by atoms with Gasteiger partial charge in [-0.2, -0.15) is 0 Å². The van der Waals surface area contributed by atoms with Crippen LogP contribution in [-0.2, 0) is 6.54 Å². The lowest BCUT2D eigenvalue weighted by Gasteiger charge is -2.24. The van der Waals surface area contributed by atoms with E-state index in [0.717, 1.165) is 23.6 Å². The smallest absolute Gasteiger partial charge is 0.122 e. The Balaban J connectivity index is 1.74. The van der Waals surface area contributed by atoms with Gasteiger partial charge in [0.25, 0.3) is 0 Å². The molecule has 1 atom stereocenters. The van der Waals surface area contributed by atoms with Crippen molar-refractivity contribution >= 4 is 11.3 Å². The van der Waals surface area contributed by atoms with Crippen LogP contribution in [0.1, 0.15) is 47.7 Å². The zero-order valence-electron chi connectivity index (χ0n) is 12.5. The van der Waals surface area contributed by atoms with Crippen LogP contribution < -0.4 is 5.32 Å². The Morgan fingerprint density at radius 1 is 1.24 bits per heavy atom. The topological polar surface area (TPSA) is 32.3 Å². The van der Waals surface area contributed by atoms with Crippen molar-refractivity contribution in [3.05, 3.63) is 51.7 Å². The van der Waals surface area contributed by atoms with Crippen molar-refractivity contribution in [2.75, 3.05) is 0 Å². The predicted molar refractivity (Wildman–Crippen MR) is 88.7 cm³/mol. The zero-order chi connectivity index (χ0) is 14.7. The lowest BCUT2D eigenvalue weighted by molar-refractivity contribution is 0.367. The van der Waals surface area contributed by atoms with Crippen molar-refractivity contribution in [3.8, 4) is 5.75 Å². The van der Waals surface area contributed by atoms with Gasteiger partial charge >= 0.3 is 0 Å². The molecule has 2 N–H and O–H groups in total. The van der Waals surface area contributed by atoms with Gasteiger partial charge in [-0.15, -0.1) is 11.3 Å². The third-order valence-electron chi connectivity index (χ3n) is 4.55. The number of hydrogen-bond acceptors (Lipinski definition) is 3. The minimum Gasteiger partial charge on any atom is -0.507 e. The number of para-hydroxylation sites is 1. The van der Waals surface area contributed by atoms with Crippen LogP contribution in [0.2, 0.25) is 0 Å². The number of rotatable bonds is 5. The van der Waals surface area contributed by atoms with Gasteiger partial charge in [-0.3, -0.25) is 0 Å². The standard InChI is InChI=1S/C18H23NOS/c1-13-6-4-9-15(18(13)20)12-19-17(14-7-2-3-8-14)16-10-5-11-21-16/h4-6,9-11,14,17,19-20H,2-3,7-8,12H2,1H3. The molecule has 1 aromatic heterocycles. The van der Waals surface area contributed by atoms with Crippen LogP contribution in [0.15, 0.2) is 35.7 Å². The summed E-state index contributed by atoms with van der Waals surface area (Å²) in [4.78, 5) is 1.43. The van der Waals surface area contributed by atoms with E-state index < -0.39 is 0 Å². The largest absolute Gasteiger partial charge is 0.507 e. The molecule has 0 radical (unpaired) electrons. The lowest BCUT2D eigenvalue weighted by Crippen LogP contribution is -2.26. The Morgan fingerprint density at radius 3 is 2.76 bits per heavy atom. The maximum Gasteiger partial charge on any atom is 0.122 e. The Kier molecular flexibility index (Phi) is 4.61. The molecule has 1 fully saturated rings. The van der Waals surface area contributed by atoms with Crippen molar-refractivity contribution in [2.45, 2.75) is 45.2 Å². The molecule has 1 unspecified atom stereocenters. The van der Waals surface area contributed by atoms with Gasteiger partial charge in [-0.05, 0) is 42.7 Å². The molecule has 1 aliphatic carbocycles. The second-order valence-corrected chi connectivity index (χ2v) is 6.98. The van der Waals surface area contributed by atoms with E-state index in [1.807, 2.05) is 36.5 Å². The second kappa shape index (κ2) is 6.63. The molecule has 3 heteroatoms. The van der Waals surface area contributed by atoms with Crippen LogP contribution >= 0.6 is 11.3 Å². The van der Waals surface area contributed by atoms with Crippen molar-refractivity contribution in [2.24, 2.45) is 5.92 Å². The second-order valence-electron chi connectivity index (χ2n) is 6.00. The Morgan fingerprint density at radius 2 is 2.05 bits per heavy atom. The Hall–Kier alpha value is -1.32. The van der Waals surface area contributed by atoms with Gasteiger partial charge < -0.3 is 10.4 Å². The molecule has 1 aromatic carbocycles. The third kappa shape index (κ3) is 3.30. The molecule has 21 heavy (non-hydrogen) atoms. The molecule has 2 aromatic rings. The fourth-order valence-corrected chi connectivity index (χ4v) is 4.23. The molecule has 0 bridgehead atoms. The third-order valence-corrected chi connectivity index (χ3v) is 5.51. The summed E-state index contributed by atoms with van der Waals surface area (Å²) in [6, 6.07) is 10.8. The number of hydrogen-bond donors (Lipinski definition) is 2. The monoisotopic (exact) mass is 301 g/mol. The van der Waals surface area contributed by atoms with E-state index in [-0.39, 0.29) is 0 Å². The van der Waals surface area contributed by atoms with Gasteiger partial charge in [-0.25, -0.2) is 0 Å². The highest BCUT2D eigenvalue weighted by Gasteiger charge is 2.26. The summed E-state index contributed by atoms with van der Waals surface area (Å²) in [6.07, 6.45) is 5.33. The number of nitrogens with one attached hydrogen (secondary N) is 1. The summed E-state index contributed by atoms with van der Waals surface area (Å²) in [5.41, 5.74) is 1.94. The van der Waals surface area contributed by atoms with E-state index >= 15 is 0 Å². The zero-order valence-corrected chi connectivity index (χ0v) is 13.3. The van der Waals surface area contributed by atoms with E-state index in [1.54, 1.807) is 0 Å². The summed E-state index contributed by atoms with van der Waals surface area (Å²) in [5.74, 6) is 1.16. The summed E-state index contributed by atoms with van der Waals surface area (Å²) in [5, 5.41) is 16.0. The van der Waals surface area contributed by atoms with E-state index in [2.05, 4.69) is 22.8 Å². The molecule has 0 saturated heterocycles. The number of benzene rings is 1. The average Bonchev–Trinajstić information content (AvgIpc) is 3.17. The SMILES string of the molecule is Cc1cccc(CNC(c2cccs2)C2CCCC2)c1O. The van der Waals surface area contributed by atoms with Gasteiger partial charge in [0, 0.05) is 23.0 Å². The minimum absolute atomic E-state index is 0.424. The van der Waals surface area contributed by atoms with Gasteiger partial charge in [0.2, 0.25) is 0 Å². The maximum atomic E-state index is 10.2. The van der Waals surface area contributed by atoms with Crippen LogP contribution in [0, 0.1) is 12.8 Å². The number of aromatic hydroxyl groups is 1. The van der Waals surface area contributed by atoms with E-state index in [4.69, 9.17) is 0 Å². The quantitative estimate of drug-likeness (QED) is 0.832. The molecule has 0 aliphatic heterocycles. The molecule has 1 aliphatic rings. The minimum atomic E-state index is 0.424. The molecular formula is C18H23NOS. The maximum absolute atomic E-state index is 10.2. The van der Waals surface area contributed by atoms with Gasteiger partial charge in [-0.1, -0.05) is 37.1 Å². The first-order valence-electron chi connectivity index (χ1n) is 7.80. The molecular weight excluding hydrogens is 278 g/mol. The normalized spacial score (nSPS) is 17.2. The van der Waals surface area contributed by atoms with Gasteiger partial charge in [0.05, 0.1) is 0 Å². The van der Waals surface area contributed by atoms with E-state index in [9.17, 15) is 5.11 Å². The molecule has 0 amide bonds. The first-order chi connectivity index (χ1) is 10.3. The molecule has 1 heterocycles. The number of thiophene rings is 1. The van der Waals surface area contributed by atoms with E-state index in [1.165, 1.54) is 30.6 Å². The van der Waals surface area contributed by atoms with Crippen molar-refractivity contribution in [3.63, 3.8) is 0 Å². The molecule has 2 nitrogen and oxygen atoms in total. The number of aryl methyl sites for hydroxylation is 1. The van der Waals surface area contributed by atoms with Crippen molar-refractivity contribution in [1.82, 2.24) is 5.32 Å². The van der Waals surface area contributed by atoms with Crippen LogP contribution in [0.5, 0.6) is 5.75 Å². The molecule has 0 spiro atoms. The summed E-state index contributed by atoms with van der Waals surface area (Å²) in [6.45, 7) is 2.68. The van der Waals surface area contributed by atoms with Crippen molar-refractivity contribution in [1.29, 1.82) is 0 Å². The highest BCUT2D eigenvalue weighted by molar-refractivity contribution is 7.10. The predicted octanol–water partition coefficient (Wildman–Crippen LogP) is 4.78. The van der Waals surface area contributed by atoms with Crippen molar-refractivity contribution < 1.29 is 5.11 Å². The first-order valence-corrected chi connectivity index (χ1v) is 8.68. The fraction of sp³-hybridized carbons (Fsp3) is 0.444. The Labute approximate surface area is 130 Å². The lowest BCUT2D eigenvalue weighted by atomic mass is 9.96. The van der Waals surface area contributed by atoms with Gasteiger partial charge in [0.15, 0.2) is 0 Å². The Bertz CT molecular complexity index is 573. The summed E-state index contributed by atoms with van der Waals surface area (Å²) < 4.78 is 0. The summed E-state index contributed by atoms with van der Waals surface area (Å²) >= 11 is 1.84. The van der Waals surface area contributed by atoms with Crippen LogP contribution in [-0.4, -0.2) is 5.11 Å². The average molecular weight is 301 g/mol. The van der Waals surface area contributed by atoms with E-state index in [0.29, 0.717) is 11.8 Å². The highest BCUT2D eigenvalue weighted by Crippen LogP contribution is 2.37. The van der Waals surface area contributed by atoms with Gasteiger partial charge in [0.1, 0.15) is 5.75 Å². The fourth-order valence-electron chi connectivity index (χ4n) is 3.34. The molecule has 3 rings (SSSR count). The number of phenols is 1. The van der Waals surface area contributed by atoms with Crippen LogP contribution in [0.4, 0.5) is 0 Å². The van der Waals surface area contributed by atoms with Crippen LogP contribution in [0.3, 0.4) is 0 Å². The van der Waals surface area contributed by atoms with Crippen LogP contribution in [0.25, 0.3) is 0 Å². The molecule has 112 valence electrons. The first kappa shape index (κ1) is 14.6.